The fraction of sp³-hybridized carbons (Fsp3) is 0.222. The van der Waals surface area contributed by atoms with Crippen molar-refractivity contribution in [1.29, 1.82) is 0 Å². The molecule has 0 bridgehead atoms. The molecule has 1 aromatic rings. The molecule has 0 amide bonds. The maximum absolute atomic E-state index is 11.1. The van der Waals surface area contributed by atoms with Gasteiger partial charge in [-0.25, -0.2) is 0 Å². The van der Waals surface area contributed by atoms with E-state index in [-0.39, 0.29) is 5.78 Å². The molecule has 0 heterocycles. The molecule has 12 heavy (non-hydrogen) atoms. The Morgan fingerprint density at radius 2 is 2.17 bits per heavy atom. The normalized spacial score (nSPS) is 9.58. The predicted molar refractivity (Wildman–Crippen MR) is 49.0 cm³/mol. The monoisotopic (exact) mass is 164 g/mol. The first-order valence-electron chi connectivity index (χ1n) is 3.74. The fourth-order valence-corrected chi connectivity index (χ4v) is 1.15. The first-order valence-corrected chi connectivity index (χ1v) is 3.74. The van der Waals surface area contributed by atoms with Gasteiger partial charge in [0, 0.05) is 5.56 Å². The Hall–Kier alpha value is -1.35. The van der Waals surface area contributed by atoms with Crippen LogP contribution in [0.3, 0.4) is 0 Å². The molecule has 0 aliphatic carbocycles. The average molecular weight is 164 g/mol. The van der Waals surface area contributed by atoms with E-state index in [9.17, 15) is 4.79 Å². The van der Waals surface area contributed by atoms with Crippen LogP contribution in [0.1, 0.15) is 22.8 Å². The number of ketones is 1. The molecule has 0 unspecified atom stereocenters. The molecular weight excluding hydrogens is 152 g/mol. The molecule has 1 aromatic carbocycles. The summed E-state index contributed by atoms with van der Waals surface area (Å²) in [7, 11) is 0. The van der Waals surface area contributed by atoms with Gasteiger partial charge in [0.15, 0.2) is 5.78 Å². The van der Waals surface area contributed by atoms with Crippen LogP contribution in [0.25, 0.3) is 0 Å². The highest BCUT2D eigenvalue weighted by Crippen LogP contribution is 2.19. The Kier molecular flexibility index (Phi) is 2.45. The first kappa shape index (κ1) is 8.74. The highest BCUT2D eigenvalue weighted by atomic mass is 16.1. The SMILES string of the molecule is CC(=O)c1cccc(C)c1NN. The lowest BCUT2D eigenvalue weighted by molar-refractivity contribution is 0.101. The highest BCUT2D eigenvalue weighted by molar-refractivity contribution is 6.00. The van der Waals surface area contributed by atoms with Crippen molar-refractivity contribution in [3.63, 3.8) is 0 Å². The van der Waals surface area contributed by atoms with E-state index in [1.54, 1.807) is 6.07 Å². The lowest BCUT2D eigenvalue weighted by atomic mass is 10.1. The largest absolute Gasteiger partial charge is 0.323 e. The summed E-state index contributed by atoms with van der Waals surface area (Å²) in [5, 5.41) is 0. The highest BCUT2D eigenvalue weighted by Gasteiger charge is 2.06. The molecule has 0 saturated carbocycles. The molecule has 3 N–H and O–H groups in total. The van der Waals surface area contributed by atoms with Crippen molar-refractivity contribution in [1.82, 2.24) is 0 Å². The average Bonchev–Trinajstić information content (AvgIpc) is 2.03. The van der Waals surface area contributed by atoms with Gasteiger partial charge in [0.2, 0.25) is 0 Å². The van der Waals surface area contributed by atoms with Gasteiger partial charge in [-0.05, 0) is 25.5 Å². The van der Waals surface area contributed by atoms with Crippen molar-refractivity contribution in [2.24, 2.45) is 5.84 Å². The number of para-hydroxylation sites is 1. The number of nitrogens with one attached hydrogen (secondary N) is 1. The third-order valence-corrected chi connectivity index (χ3v) is 1.80. The van der Waals surface area contributed by atoms with Crippen LogP contribution in [0.5, 0.6) is 0 Å². The quantitative estimate of drug-likeness (QED) is 0.395. The van der Waals surface area contributed by atoms with Gasteiger partial charge < -0.3 is 5.43 Å². The molecule has 0 aliphatic heterocycles. The third kappa shape index (κ3) is 1.46. The van der Waals surface area contributed by atoms with Crippen molar-refractivity contribution >= 4 is 11.5 Å². The molecule has 0 aliphatic rings. The number of hydrogen-bond acceptors (Lipinski definition) is 3. The summed E-state index contributed by atoms with van der Waals surface area (Å²) in [6.07, 6.45) is 0. The molecule has 0 atom stereocenters. The number of hydrazine groups is 1. The molecule has 64 valence electrons. The Morgan fingerprint density at radius 3 is 2.58 bits per heavy atom. The van der Waals surface area contributed by atoms with E-state index in [0.717, 1.165) is 5.56 Å². The standard InChI is InChI=1S/C9H12N2O/c1-6-4-3-5-8(7(2)12)9(6)11-10/h3-5,11H,10H2,1-2H3. The summed E-state index contributed by atoms with van der Waals surface area (Å²) in [6, 6.07) is 5.50. The van der Waals surface area contributed by atoms with E-state index in [0.29, 0.717) is 11.3 Å². The van der Waals surface area contributed by atoms with Gasteiger partial charge in [-0.1, -0.05) is 12.1 Å². The summed E-state index contributed by atoms with van der Waals surface area (Å²) in [5.41, 5.74) is 4.85. The number of benzene rings is 1. The molecule has 0 fully saturated rings. The zero-order valence-electron chi connectivity index (χ0n) is 7.22. The van der Waals surface area contributed by atoms with Crippen LogP contribution in [-0.4, -0.2) is 5.78 Å². The first-order chi connectivity index (χ1) is 5.66. The summed E-state index contributed by atoms with van der Waals surface area (Å²) in [4.78, 5) is 11.1. The Labute approximate surface area is 71.5 Å². The zero-order chi connectivity index (χ0) is 9.14. The molecule has 0 aromatic heterocycles. The number of nitrogen functional groups attached to an aromatic ring is 1. The minimum Gasteiger partial charge on any atom is -0.323 e. The van der Waals surface area contributed by atoms with E-state index in [1.165, 1.54) is 6.92 Å². The van der Waals surface area contributed by atoms with Crippen LogP contribution in [0.2, 0.25) is 0 Å². The lowest BCUT2D eigenvalue weighted by Gasteiger charge is -2.08. The van der Waals surface area contributed by atoms with Gasteiger partial charge in [0.05, 0.1) is 5.69 Å². The molecule has 0 radical (unpaired) electrons. The second-order valence-corrected chi connectivity index (χ2v) is 2.70. The van der Waals surface area contributed by atoms with Gasteiger partial charge in [-0.2, -0.15) is 0 Å². The maximum Gasteiger partial charge on any atom is 0.161 e. The van der Waals surface area contributed by atoms with E-state index in [2.05, 4.69) is 5.43 Å². The Morgan fingerprint density at radius 1 is 1.50 bits per heavy atom. The van der Waals surface area contributed by atoms with E-state index < -0.39 is 0 Å². The van der Waals surface area contributed by atoms with E-state index >= 15 is 0 Å². The second kappa shape index (κ2) is 3.36. The fourth-order valence-electron chi connectivity index (χ4n) is 1.15. The lowest BCUT2D eigenvalue weighted by Crippen LogP contribution is -2.12. The molecule has 3 nitrogen and oxygen atoms in total. The van der Waals surface area contributed by atoms with Crippen LogP contribution in [0, 0.1) is 6.92 Å². The van der Waals surface area contributed by atoms with Crippen LogP contribution < -0.4 is 11.3 Å². The van der Waals surface area contributed by atoms with Gasteiger partial charge in [0.1, 0.15) is 0 Å². The minimum absolute atomic E-state index is 0.0200. The van der Waals surface area contributed by atoms with E-state index in [4.69, 9.17) is 5.84 Å². The van der Waals surface area contributed by atoms with Crippen LogP contribution in [0.4, 0.5) is 5.69 Å². The molecule has 0 spiro atoms. The van der Waals surface area contributed by atoms with Crippen LogP contribution in [-0.2, 0) is 0 Å². The summed E-state index contributed by atoms with van der Waals surface area (Å²) in [5.74, 6) is 5.31. The van der Waals surface area contributed by atoms with Crippen LogP contribution in [0.15, 0.2) is 18.2 Å². The van der Waals surface area contributed by atoms with Crippen molar-refractivity contribution < 1.29 is 4.79 Å². The topological polar surface area (TPSA) is 55.1 Å². The number of carbonyl (C=O) groups is 1. The summed E-state index contributed by atoms with van der Waals surface area (Å²) in [6.45, 7) is 3.43. The number of hydrogen-bond donors (Lipinski definition) is 2. The van der Waals surface area contributed by atoms with Crippen molar-refractivity contribution in [3.8, 4) is 0 Å². The maximum atomic E-state index is 11.1. The summed E-state index contributed by atoms with van der Waals surface area (Å²) < 4.78 is 0. The minimum atomic E-state index is 0.0200. The van der Waals surface area contributed by atoms with Crippen molar-refractivity contribution in [3.05, 3.63) is 29.3 Å². The Bertz CT molecular complexity index is 307. The molecule has 1 rings (SSSR count). The van der Waals surface area contributed by atoms with E-state index in [1.807, 2.05) is 19.1 Å². The number of aryl methyl sites for hydroxylation is 1. The van der Waals surface area contributed by atoms with Crippen molar-refractivity contribution in [2.45, 2.75) is 13.8 Å². The van der Waals surface area contributed by atoms with Crippen molar-refractivity contribution in [2.75, 3.05) is 5.43 Å². The molecule has 0 saturated heterocycles. The van der Waals surface area contributed by atoms with Gasteiger partial charge in [0.25, 0.3) is 0 Å². The Balaban J connectivity index is 3.27. The van der Waals surface area contributed by atoms with Gasteiger partial charge in [-0.3, -0.25) is 10.6 Å². The zero-order valence-corrected chi connectivity index (χ0v) is 7.22. The number of anilines is 1. The number of carbonyl (C=O) groups excluding carboxylic acids is 1. The summed E-state index contributed by atoms with van der Waals surface area (Å²) >= 11 is 0. The predicted octanol–water partition coefficient (Wildman–Crippen LogP) is 1.48. The smallest absolute Gasteiger partial charge is 0.161 e. The van der Waals surface area contributed by atoms with Crippen LogP contribution >= 0.6 is 0 Å². The van der Waals surface area contributed by atoms with Gasteiger partial charge >= 0.3 is 0 Å². The number of rotatable bonds is 2. The molecular formula is C9H12N2O. The third-order valence-electron chi connectivity index (χ3n) is 1.80. The second-order valence-electron chi connectivity index (χ2n) is 2.70. The number of nitrogens with two attached hydrogens (primary N) is 1. The van der Waals surface area contributed by atoms with Gasteiger partial charge in [-0.15, -0.1) is 0 Å². The number of Topliss-reactive ketones (excluding diaryl/α,β-unsaturated/α-hetero) is 1. The molecule has 3 heteroatoms.